The van der Waals surface area contributed by atoms with Gasteiger partial charge in [0.2, 0.25) is 5.91 Å². The number of aromatic nitrogens is 1. The second-order valence-corrected chi connectivity index (χ2v) is 8.37. The number of carbonyl (C=O) groups excluding carboxylic acids is 1. The summed E-state index contributed by atoms with van der Waals surface area (Å²) in [6, 6.07) is 14.6. The van der Waals surface area contributed by atoms with E-state index >= 15 is 0 Å². The molecule has 1 aromatic carbocycles. The first kappa shape index (κ1) is 21.1. The minimum absolute atomic E-state index is 0.123. The van der Waals surface area contributed by atoms with E-state index in [2.05, 4.69) is 22.9 Å². The molecule has 1 aromatic heterocycles. The largest absolute Gasteiger partial charge is 0.394 e. The fraction of sp³-hybridized carbons (Fsp3) is 0.423. The number of likely N-dealkylation sites (tertiary alicyclic amines) is 1. The van der Waals surface area contributed by atoms with Gasteiger partial charge in [0.15, 0.2) is 0 Å². The van der Waals surface area contributed by atoms with Gasteiger partial charge in [-0.1, -0.05) is 49.3 Å². The highest BCUT2D eigenvalue weighted by Crippen LogP contribution is 2.40. The summed E-state index contributed by atoms with van der Waals surface area (Å²) >= 11 is 0. The van der Waals surface area contributed by atoms with Gasteiger partial charge in [-0.3, -0.25) is 9.78 Å². The summed E-state index contributed by atoms with van der Waals surface area (Å²) in [5.74, 6) is 6.79. The Morgan fingerprint density at radius 3 is 2.55 bits per heavy atom. The Morgan fingerprint density at radius 1 is 1.13 bits per heavy atom. The zero-order valence-electron chi connectivity index (χ0n) is 17.6. The summed E-state index contributed by atoms with van der Waals surface area (Å²) in [4.78, 5) is 18.5. The average molecular weight is 414 g/mol. The second-order valence-electron chi connectivity index (χ2n) is 8.37. The molecule has 2 aliphatic rings. The molecule has 1 N–H and O–H groups in total. The highest BCUT2D eigenvalue weighted by Gasteiger charge is 2.51. The molecule has 0 radical (unpaired) electrons. The number of carbonyl (C=O) groups is 1. The number of hydrogen-bond acceptors (Lipinski definition) is 4. The van der Waals surface area contributed by atoms with Gasteiger partial charge >= 0.3 is 0 Å². The standard InChI is InChI=1S/C26H27N3O2/c27-17-23-26(24(18-30)29(23)25(31)16-22-8-4-5-15-28-22)21-13-11-20(12-14-21)10-9-19-6-2-1-3-7-19/h4-5,8,11-15,19,23-24,26,30H,1-3,6-7,16,18H2/t23-,24+,26-/m0/s1. The molecule has 1 amide bonds. The van der Waals surface area contributed by atoms with E-state index in [9.17, 15) is 15.2 Å². The number of nitriles is 1. The summed E-state index contributed by atoms with van der Waals surface area (Å²) in [5.41, 5.74) is 2.58. The minimum Gasteiger partial charge on any atom is -0.394 e. The molecule has 158 valence electrons. The van der Waals surface area contributed by atoms with Gasteiger partial charge in [-0.05, 0) is 42.7 Å². The average Bonchev–Trinajstić information content (AvgIpc) is 2.80. The first-order valence-electron chi connectivity index (χ1n) is 11.0. The number of aliphatic hydroxyl groups excluding tert-OH is 1. The van der Waals surface area contributed by atoms with Crippen LogP contribution in [0.2, 0.25) is 0 Å². The van der Waals surface area contributed by atoms with Crippen LogP contribution in [0, 0.1) is 29.1 Å². The summed E-state index contributed by atoms with van der Waals surface area (Å²) in [7, 11) is 0. The summed E-state index contributed by atoms with van der Waals surface area (Å²) in [5, 5.41) is 19.7. The van der Waals surface area contributed by atoms with Crippen LogP contribution in [0.4, 0.5) is 0 Å². The Balaban J connectivity index is 1.45. The molecule has 1 saturated carbocycles. The Hall–Kier alpha value is -3.15. The van der Waals surface area contributed by atoms with E-state index in [0.717, 1.165) is 11.1 Å². The van der Waals surface area contributed by atoms with Crippen molar-refractivity contribution < 1.29 is 9.90 Å². The first-order chi connectivity index (χ1) is 15.2. The second kappa shape index (κ2) is 9.77. The zero-order valence-corrected chi connectivity index (χ0v) is 17.6. The molecule has 4 rings (SSSR count). The van der Waals surface area contributed by atoms with Crippen molar-refractivity contribution in [3.63, 3.8) is 0 Å². The molecule has 31 heavy (non-hydrogen) atoms. The molecule has 5 nitrogen and oxygen atoms in total. The molecule has 1 saturated heterocycles. The maximum Gasteiger partial charge on any atom is 0.230 e. The normalized spacial score (nSPS) is 23.2. The molecule has 1 aliphatic carbocycles. The lowest BCUT2D eigenvalue weighted by Gasteiger charge is -2.51. The number of hydrogen-bond donors (Lipinski definition) is 1. The number of rotatable bonds is 4. The van der Waals surface area contributed by atoms with Crippen LogP contribution < -0.4 is 0 Å². The van der Waals surface area contributed by atoms with Crippen molar-refractivity contribution in [2.75, 3.05) is 6.61 Å². The molecule has 2 fully saturated rings. The third-order valence-corrected chi connectivity index (χ3v) is 6.40. The van der Waals surface area contributed by atoms with Crippen LogP contribution in [-0.2, 0) is 11.2 Å². The van der Waals surface area contributed by atoms with Crippen LogP contribution in [0.3, 0.4) is 0 Å². The van der Waals surface area contributed by atoms with Gasteiger partial charge in [0, 0.05) is 29.3 Å². The van der Waals surface area contributed by atoms with Gasteiger partial charge in [0.05, 0.1) is 25.1 Å². The Labute approximate surface area is 183 Å². The summed E-state index contributed by atoms with van der Waals surface area (Å²) in [6.07, 6.45) is 8.02. The van der Waals surface area contributed by atoms with Gasteiger partial charge in [-0.15, -0.1) is 0 Å². The lowest BCUT2D eigenvalue weighted by Crippen LogP contribution is -2.65. The van der Waals surface area contributed by atoms with Crippen molar-refractivity contribution >= 4 is 5.91 Å². The van der Waals surface area contributed by atoms with Crippen molar-refractivity contribution in [2.45, 2.75) is 56.5 Å². The van der Waals surface area contributed by atoms with Crippen molar-refractivity contribution in [1.29, 1.82) is 5.26 Å². The van der Waals surface area contributed by atoms with E-state index in [1.54, 1.807) is 18.3 Å². The minimum atomic E-state index is -0.590. The maximum atomic E-state index is 12.8. The highest BCUT2D eigenvalue weighted by atomic mass is 16.3. The molecule has 3 atom stereocenters. The van der Waals surface area contributed by atoms with Crippen LogP contribution >= 0.6 is 0 Å². The number of nitrogens with zero attached hydrogens (tertiary/aromatic N) is 3. The summed E-state index contributed by atoms with van der Waals surface area (Å²) in [6.45, 7) is -0.181. The quantitative estimate of drug-likeness (QED) is 0.779. The smallest absolute Gasteiger partial charge is 0.230 e. The third-order valence-electron chi connectivity index (χ3n) is 6.40. The zero-order chi connectivity index (χ0) is 21.6. The number of aliphatic hydroxyl groups is 1. The molecule has 0 unspecified atom stereocenters. The van der Waals surface area contributed by atoms with Gasteiger partial charge in [-0.2, -0.15) is 5.26 Å². The van der Waals surface area contributed by atoms with Gasteiger partial charge < -0.3 is 10.0 Å². The van der Waals surface area contributed by atoms with E-state index < -0.39 is 12.1 Å². The van der Waals surface area contributed by atoms with Gasteiger partial charge in [0.1, 0.15) is 6.04 Å². The SMILES string of the molecule is N#C[C@H]1[C@H](c2ccc(C#CC3CCCCC3)cc2)[C@@H](CO)N1C(=O)Cc1ccccn1. The predicted molar refractivity (Wildman–Crippen MR) is 118 cm³/mol. The lowest BCUT2D eigenvalue weighted by atomic mass is 9.75. The molecule has 1 aliphatic heterocycles. The van der Waals surface area contributed by atoms with Crippen LogP contribution in [0.1, 0.15) is 54.8 Å². The summed E-state index contributed by atoms with van der Waals surface area (Å²) < 4.78 is 0. The van der Waals surface area contributed by atoms with Crippen molar-refractivity contribution in [2.24, 2.45) is 5.92 Å². The van der Waals surface area contributed by atoms with E-state index in [1.807, 2.05) is 30.3 Å². The van der Waals surface area contributed by atoms with E-state index in [-0.39, 0.29) is 24.9 Å². The Bertz CT molecular complexity index is 995. The van der Waals surface area contributed by atoms with Crippen LogP contribution in [0.25, 0.3) is 0 Å². The van der Waals surface area contributed by atoms with Crippen molar-refractivity contribution in [3.8, 4) is 17.9 Å². The number of amides is 1. The predicted octanol–water partition coefficient (Wildman–Crippen LogP) is 3.43. The van der Waals surface area contributed by atoms with Crippen LogP contribution in [-0.4, -0.2) is 39.6 Å². The molecule has 2 aromatic rings. The van der Waals surface area contributed by atoms with E-state index in [4.69, 9.17) is 0 Å². The Kier molecular flexibility index (Phi) is 6.65. The maximum absolute atomic E-state index is 12.8. The van der Waals surface area contributed by atoms with E-state index in [1.165, 1.54) is 37.0 Å². The lowest BCUT2D eigenvalue weighted by molar-refractivity contribution is -0.146. The molecule has 0 bridgehead atoms. The fourth-order valence-corrected chi connectivity index (χ4v) is 4.72. The topological polar surface area (TPSA) is 77.2 Å². The van der Waals surface area contributed by atoms with Gasteiger partial charge in [-0.25, -0.2) is 0 Å². The van der Waals surface area contributed by atoms with E-state index in [0.29, 0.717) is 11.6 Å². The van der Waals surface area contributed by atoms with Gasteiger partial charge in [0.25, 0.3) is 0 Å². The molecule has 2 heterocycles. The third kappa shape index (κ3) is 4.63. The molecular formula is C26H27N3O2. The first-order valence-corrected chi connectivity index (χ1v) is 11.0. The molecular weight excluding hydrogens is 386 g/mol. The van der Waals surface area contributed by atoms with Crippen molar-refractivity contribution in [3.05, 3.63) is 65.5 Å². The molecule has 5 heteroatoms. The number of benzene rings is 1. The van der Waals surface area contributed by atoms with Crippen LogP contribution in [0.5, 0.6) is 0 Å². The highest BCUT2D eigenvalue weighted by molar-refractivity contribution is 5.81. The number of pyridine rings is 1. The monoisotopic (exact) mass is 413 g/mol. The molecule has 0 spiro atoms. The van der Waals surface area contributed by atoms with Crippen molar-refractivity contribution in [1.82, 2.24) is 9.88 Å². The fourth-order valence-electron chi connectivity index (χ4n) is 4.72. The Morgan fingerprint density at radius 2 is 1.90 bits per heavy atom. The van der Waals surface area contributed by atoms with Crippen LogP contribution in [0.15, 0.2) is 48.7 Å².